The fraction of sp³-hybridized carbons (Fsp3) is 0.192. The van der Waals surface area contributed by atoms with Crippen LogP contribution in [0, 0.1) is 0 Å². The van der Waals surface area contributed by atoms with Gasteiger partial charge >= 0.3 is 6.03 Å². The van der Waals surface area contributed by atoms with E-state index in [1.807, 2.05) is 60.7 Å². The summed E-state index contributed by atoms with van der Waals surface area (Å²) in [5, 5.41) is 6.29. The maximum absolute atomic E-state index is 13.7. The van der Waals surface area contributed by atoms with Crippen LogP contribution in [-0.4, -0.2) is 47.9 Å². The van der Waals surface area contributed by atoms with Crippen LogP contribution in [0.1, 0.15) is 11.1 Å². The SMILES string of the molecule is CN(CC(=O)Nc1ccc(Cl)cc1)CN1C(=O)NC(Cc2ccccc2)(c2ccccc2)C1=O. The number of imide groups is 1. The lowest BCUT2D eigenvalue weighted by Crippen LogP contribution is -2.47. The highest BCUT2D eigenvalue weighted by Crippen LogP contribution is 2.33. The quantitative estimate of drug-likeness (QED) is 0.484. The van der Waals surface area contributed by atoms with Crippen molar-refractivity contribution >= 4 is 35.1 Å². The molecule has 3 aromatic carbocycles. The maximum Gasteiger partial charge on any atom is 0.326 e. The van der Waals surface area contributed by atoms with Crippen LogP contribution in [0.5, 0.6) is 0 Å². The van der Waals surface area contributed by atoms with Crippen molar-refractivity contribution in [2.75, 3.05) is 25.6 Å². The molecule has 1 unspecified atom stereocenters. The summed E-state index contributed by atoms with van der Waals surface area (Å²) in [6.07, 6.45) is 0.319. The number of anilines is 1. The van der Waals surface area contributed by atoms with Gasteiger partial charge in [-0.15, -0.1) is 0 Å². The molecular weight excluding hydrogens is 452 g/mol. The summed E-state index contributed by atoms with van der Waals surface area (Å²) in [5.74, 6) is -0.618. The van der Waals surface area contributed by atoms with E-state index < -0.39 is 11.6 Å². The monoisotopic (exact) mass is 476 g/mol. The number of likely N-dealkylation sites (N-methyl/N-ethyl adjacent to an activating group) is 1. The van der Waals surface area contributed by atoms with E-state index in [0.717, 1.165) is 10.5 Å². The van der Waals surface area contributed by atoms with Crippen LogP contribution in [0.25, 0.3) is 0 Å². The van der Waals surface area contributed by atoms with Gasteiger partial charge in [0.05, 0.1) is 13.2 Å². The van der Waals surface area contributed by atoms with Crippen molar-refractivity contribution in [1.29, 1.82) is 0 Å². The molecule has 0 saturated carbocycles. The van der Waals surface area contributed by atoms with E-state index in [4.69, 9.17) is 11.6 Å². The van der Waals surface area contributed by atoms with E-state index in [2.05, 4.69) is 10.6 Å². The third kappa shape index (κ3) is 5.11. The molecule has 4 rings (SSSR count). The van der Waals surface area contributed by atoms with Gasteiger partial charge in [0.2, 0.25) is 5.91 Å². The van der Waals surface area contributed by atoms with Gasteiger partial charge in [0, 0.05) is 17.1 Å². The van der Waals surface area contributed by atoms with Crippen molar-refractivity contribution in [3.63, 3.8) is 0 Å². The van der Waals surface area contributed by atoms with Gasteiger partial charge in [0.1, 0.15) is 0 Å². The number of carbonyl (C=O) groups is 3. The molecule has 2 N–H and O–H groups in total. The van der Waals surface area contributed by atoms with Crippen LogP contribution in [0.2, 0.25) is 5.02 Å². The third-order valence-corrected chi connectivity index (χ3v) is 5.93. The Hall–Kier alpha value is -3.68. The highest BCUT2D eigenvalue weighted by molar-refractivity contribution is 6.30. The molecule has 1 fully saturated rings. The molecule has 0 aliphatic carbocycles. The van der Waals surface area contributed by atoms with Crippen molar-refractivity contribution in [2.24, 2.45) is 0 Å². The van der Waals surface area contributed by atoms with Crippen LogP contribution >= 0.6 is 11.6 Å². The summed E-state index contributed by atoms with van der Waals surface area (Å²) in [5.41, 5.74) is 1.04. The van der Waals surface area contributed by atoms with Crippen LogP contribution in [-0.2, 0) is 21.5 Å². The smallest absolute Gasteiger partial charge is 0.325 e. The van der Waals surface area contributed by atoms with Gasteiger partial charge in [-0.05, 0) is 42.4 Å². The second kappa shape index (κ2) is 10.1. The Balaban J connectivity index is 1.49. The lowest BCUT2D eigenvalue weighted by atomic mass is 9.83. The molecule has 1 heterocycles. The number of halogens is 1. The van der Waals surface area contributed by atoms with Gasteiger partial charge in [0.15, 0.2) is 5.54 Å². The number of hydrogen-bond acceptors (Lipinski definition) is 4. The van der Waals surface area contributed by atoms with Crippen molar-refractivity contribution in [3.8, 4) is 0 Å². The van der Waals surface area contributed by atoms with E-state index in [-0.39, 0.29) is 25.0 Å². The Morgan fingerprint density at radius 1 is 0.971 bits per heavy atom. The molecule has 7 nitrogen and oxygen atoms in total. The molecule has 8 heteroatoms. The van der Waals surface area contributed by atoms with Crippen molar-refractivity contribution < 1.29 is 14.4 Å². The van der Waals surface area contributed by atoms with Gasteiger partial charge in [-0.1, -0.05) is 72.3 Å². The highest BCUT2D eigenvalue weighted by Gasteiger charge is 2.52. The number of rotatable bonds is 8. The molecule has 0 aromatic heterocycles. The third-order valence-electron chi connectivity index (χ3n) is 5.68. The second-order valence-corrected chi connectivity index (χ2v) is 8.74. The molecule has 0 spiro atoms. The van der Waals surface area contributed by atoms with Gasteiger partial charge in [-0.2, -0.15) is 0 Å². The number of urea groups is 1. The van der Waals surface area contributed by atoms with Crippen molar-refractivity contribution in [2.45, 2.75) is 12.0 Å². The number of benzene rings is 3. The van der Waals surface area contributed by atoms with Crippen molar-refractivity contribution in [3.05, 3.63) is 101 Å². The first kappa shape index (κ1) is 23.5. The second-order valence-electron chi connectivity index (χ2n) is 8.31. The molecule has 0 bridgehead atoms. The van der Waals surface area contributed by atoms with Crippen LogP contribution in [0.15, 0.2) is 84.9 Å². The molecule has 3 aromatic rings. The minimum atomic E-state index is -1.22. The molecule has 4 amide bonds. The number of nitrogens with zero attached hydrogens (tertiary/aromatic N) is 2. The zero-order valence-electron chi connectivity index (χ0n) is 18.7. The van der Waals surface area contributed by atoms with E-state index in [1.165, 1.54) is 0 Å². The normalized spacial score (nSPS) is 17.7. The lowest BCUT2D eigenvalue weighted by molar-refractivity contribution is -0.133. The summed E-state index contributed by atoms with van der Waals surface area (Å²) >= 11 is 5.88. The van der Waals surface area contributed by atoms with Crippen LogP contribution in [0.3, 0.4) is 0 Å². The Morgan fingerprint density at radius 2 is 1.59 bits per heavy atom. The summed E-state index contributed by atoms with van der Waals surface area (Å²) in [7, 11) is 1.68. The highest BCUT2D eigenvalue weighted by atomic mass is 35.5. The largest absolute Gasteiger partial charge is 0.326 e. The van der Waals surface area contributed by atoms with Gasteiger partial charge in [-0.25, -0.2) is 9.69 Å². The summed E-state index contributed by atoms with van der Waals surface area (Å²) < 4.78 is 0. The van der Waals surface area contributed by atoms with E-state index >= 15 is 0 Å². The molecular formula is C26H25ClN4O3. The van der Waals surface area contributed by atoms with E-state index in [9.17, 15) is 14.4 Å². The molecule has 0 radical (unpaired) electrons. The molecule has 34 heavy (non-hydrogen) atoms. The number of amides is 4. The minimum absolute atomic E-state index is 0.00327. The summed E-state index contributed by atoms with van der Waals surface area (Å²) in [4.78, 5) is 41.9. The maximum atomic E-state index is 13.7. The fourth-order valence-corrected chi connectivity index (χ4v) is 4.19. The first-order valence-corrected chi connectivity index (χ1v) is 11.2. The standard InChI is InChI=1S/C26H25ClN4O3/c1-30(17-23(32)28-22-14-12-21(27)13-15-22)18-31-24(33)26(29-25(31)34,20-10-6-3-7-11-20)16-19-8-4-2-5-9-19/h2-15H,16-18H2,1H3,(H,28,32)(H,29,34). The molecule has 1 atom stereocenters. The zero-order chi connectivity index (χ0) is 24.1. The van der Waals surface area contributed by atoms with Gasteiger partial charge < -0.3 is 10.6 Å². The van der Waals surface area contributed by atoms with Gasteiger partial charge in [-0.3, -0.25) is 14.5 Å². The van der Waals surface area contributed by atoms with Crippen LogP contribution in [0.4, 0.5) is 10.5 Å². The Bertz CT molecular complexity index is 1170. The number of hydrogen-bond donors (Lipinski definition) is 2. The number of carbonyl (C=O) groups excluding carboxylic acids is 3. The predicted octanol–water partition coefficient (Wildman–Crippen LogP) is 3.86. The average Bonchev–Trinajstić information content (AvgIpc) is 3.06. The van der Waals surface area contributed by atoms with Crippen molar-refractivity contribution in [1.82, 2.24) is 15.1 Å². The minimum Gasteiger partial charge on any atom is -0.325 e. The average molecular weight is 477 g/mol. The summed E-state index contributed by atoms with van der Waals surface area (Å²) in [6, 6.07) is 25.1. The molecule has 174 valence electrons. The summed E-state index contributed by atoms with van der Waals surface area (Å²) in [6.45, 7) is -0.0290. The first-order chi connectivity index (χ1) is 16.4. The molecule has 1 aliphatic rings. The molecule has 1 aliphatic heterocycles. The topological polar surface area (TPSA) is 81.8 Å². The lowest BCUT2D eigenvalue weighted by Gasteiger charge is -2.28. The first-order valence-electron chi connectivity index (χ1n) is 10.8. The predicted molar refractivity (Wildman–Crippen MR) is 131 cm³/mol. The Morgan fingerprint density at radius 3 is 2.24 bits per heavy atom. The van der Waals surface area contributed by atoms with E-state index in [1.54, 1.807) is 36.2 Å². The Kier molecular flexibility index (Phi) is 6.95. The fourth-order valence-electron chi connectivity index (χ4n) is 4.07. The number of nitrogens with one attached hydrogen (secondary N) is 2. The molecule has 1 saturated heterocycles. The Labute approximate surface area is 203 Å². The van der Waals surface area contributed by atoms with E-state index in [0.29, 0.717) is 22.7 Å². The van der Waals surface area contributed by atoms with Gasteiger partial charge in [0.25, 0.3) is 5.91 Å². The zero-order valence-corrected chi connectivity index (χ0v) is 19.5. The van der Waals surface area contributed by atoms with Crippen LogP contribution < -0.4 is 10.6 Å².